The summed E-state index contributed by atoms with van der Waals surface area (Å²) < 4.78 is 0. The van der Waals surface area contributed by atoms with Gasteiger partial charge in [-0.05, 0) is 81.1 Å². The predicted molar refractivity (Wildman–Crippen MR) is 124 cm³/mol. The van der Waals surface area contributed by atoms with E-state index in [9.17, 15) is 9.59 Å². The van der Waals surface area contributed by atoms with Crippen LogP contribution in [0.2, 0.25) is 0 Å². The van der Waals surface area contributed by atoms with Gasteiger partial charge in [0.05, 0.1) is 0 Å². The topological polar surface area (TPSA) is 49.4 Å². The molecule has 0 radical (unpaired) electrons. The van der Waals surface area contributed by atoms with Crippen LogP contribution in [0.15, 0.2) is 48.6 Å². The number of nitrogens with zero attached hydrogens (tertiary/aromatic N) is 1. The summed E-state index contributed by atoms with van der Waals surface area (Å²) in [6, 6.07) is 8.38. The number of amides is 1. The molecule has 3 rings (SSSR count). The largest absolute Gasteiger partial charge is 0.326 e. The summed E-state index contributed by atoms with van der Waals surface area (Å²) in [4.78, 5) is 25.9. The number of anilines is 1. The minimum absolute atomic E-state index is 0.00729. The number of nitrogens with one attached hydrogen (secondary N) is 1. The van der Waals surface area contributed by atoms with E-state index in [-0.39, 0.29) is 23.0 Å². The van der Waals surface area contributed by atoms with Gasteiger partial charge in [0.2, 0.25) is 5.91 Å². The van der Waals surface area contributed by atoms with Crippen molar-refractivity contribution >= 4 is 17.4 Å². The van der Waals surface area contributed by atoms with E-state index >= 15 is 0 Å². The summed E-state index contributed by atoms with van der Waals surface area (Å²) in [5.41, 5.74) is 2.29. The molecule has 1 aliphatic heterocycles. The van der Waals surface area contributed by atoms with Gasteiger partial charge in [-0.3, -0.25) is 9.59 Å². The van der Waals surface area contributed by atoms with Crippen molar-refractivity contribution in [2.24, 2.45) is 11.3 Å². The molecule has 1 N–H and O–H groups in total. The molecule has 162 valence electrons. The smallest absolute Gasteiger partial charge is 0.226 e. The van der Waals surface area contributed by atoms with Gasteiger partial charge < -0.3 is 10.2 Å². The molecule has 1 amide bonds. The Morgan fingerprint density at radius 2 is 1.87 bits per heavy atom. The highest BCUT2D eigenvalue weighted by atomic mass is 16.1. The van der Waals surface area contributed by atoms with E-state index in [1.807, 2.05) is 19.9 Å². The fourth-order valence-electron chi connectivity index (χ4n) is 4.31. The summed E-state index contributed by atoms with van der Waals surface area (Å²) in [5, 5.41) is 3.02. The van der Waals surface area contributed by atoms with Gasteiger partial charge in [0.1, 0.15) is 0 Å². The van der Waals surface area contributed by atoms with Gasteiger partial charge in [0, 0.05) is 17.0 Å². The highest BCUT2D eigenvalue weighted by molar-refractivity contribution is 6.00. The van der Waals surface area contributed by atoms with Crippen molar-refractivity contribution < 1.29 is 9.59 Å². The first kappa shape index (κ1) is 22.5. The van der Waals surface area contributed by atoms with Crippen molar-refractivity contribution in [3.05, 3.63) is 54.1 Å². The molecular formula is C26H36N2O2. The van der Waals surface area contributed by atoms with Crippen molar-refractivity contribution in [3.8, 4) is 0 Å². The standard InChI is InChI=1S/C26H36N2O2/c1-20(2)25(30)27-23-8-6-7-22(19-23)21-11-17-28(18-12-21)16-5-4-13-26(3)14-9-24(29)10-15-26/h6-10,14-15,19-21H,4-5,11-13,16-18H2,1-3H3,(H,27,30). The minimum atomic E-state index is -0.00729. The molecule has 1 aliphatic carbocycles. The lowest BCUT2D eigenvalue weighted by molar-refractivity contribution is -0.119. The molecule has 4 nitrogen and oxygen atoms in total. The van der Waals surface area contributed by atoms with Crippen LogP contribution in [-0.4, -0.2) is 36.2 Å². The Kier molecular flexibility index (Phi) is 7.65. The van der Waals surface area contributed by atoms with Crippen molar-refractivity contribution in [2.45, 2.75) is 58.8 Å². The zero-order chi connectivity index (χ0) is 21.6. The van der Waals surface area contributed by atoms with Crippen molar-refractivity contribution in [1.82, 2.24) is 4.90 Å². The monoisotopic (exact) mass is 408 g/mol. The van der Waals surface area contributed by atoms with Crippen LogP contribution < -0.4 is 5.32 Å². The quantitative estimate of drug-likeness (QED) is 0.591. The molecule has 30 heavy (non-hydrogen) atoms. The predicted octanol–water partition coefficient (Wildman–Crippen LogP) is 5.33. The van der Waals surface area contributed by atoms with Gasteiger partial charge in [0.15, 0.2) is 5.78 Å². The number of carbonyl (C=O) groups excluding carboxylic acids is 2. The first-order valence-electron chi connectivity index (χ1n) is 11.4. The maximum atomic E-state index is 12.0. The van der Waals surface area contributed by atoms with Gasteiger partial charge in [-0.15, -0.1) is 0 Å². The minimum Gasteiger partial charge on any atom is -0.326 e. The summed E-state index contributed by atoms with van der Waals surface area (Å²) >= 11 is 0. The van der Waals surface area contributed by atoms with Gasteiger partial charge in [0.25, 0.3) is 0 Å². The molecule has 0 spiro atoms. The third-order valence-corrected chi connectivity index (χ3v) is 6.43. The molecule has 0 saturated carbocycles. The molecule has 4 heteroatoms. The number of ketones is 1. The van der Waals surface area contributed by atoms with Crippen LogP contribution in [0.3, 0.4) is 0 Å². The van der Waals surface area contributed by atoms with Gasteiger partial charge >= 0.3 is 0 Å². The molecule has 1 heterocycles. The first-order chi connectivity index (χ1) is 14.3. The number of piperidine rings is 1. The van der Waals surface area contributed by atoms with Gasteiger partial charge in [-0.1, -0.05) is 51.5 Å². The molecule has 1 saturated heterocycles. The van der Waals surface area contributed by atoms with E-state index in [1.54, 1.807) is 12.2 Å². The van der Waals surface area contributed by atoms with Crippen LogP contribution >= 0.6 is 0 Å². The van der Waals surface area contributed by atoms with Crippen LogP contribution in [0.25, 0.3) is 0 Å². The molecule has 0 aromatic heterocycles. The zero-order valence-corrected chi connectivity index (χ0v) is 18.7. The van der Waals surface area contributed by atoms with E-state index in [2.05, 4.69) is 47.5 Å². The normalized spacial score (nSPS) is 19.4. The van der Waals surface area contributed by atoms with Crippen LogP contribution in [-0.2, 0) is 9.59 Å². The second-order valence-corrected chi connectivity index (χ2v) is 9.42. The number of hydrogen-bond donors (Lipinski definition) is 1. The Bertz CT molecular complexity index is 785. The fraction of sp³-hybridized carbons (Fsp3) is 0.538. The van der Waals surface area contributed by atoms with Crippen molar-refractivity contribution in [2.75, 3.05) is 25.0 Å². The van der Waals surface area contributed by atoms with Crippen LogP contribution in [0.4, 0.5) is 5.69 Å². The zero-order valence-electron chi connectivity index (χ0n) is 18.7. The lowest BCUT2D eigenvalue weighted by Gasteiger charge is -2.32. The maximum absolute atomic E-state index is 12.0. The Morgan fingerprint density at radius 3 is 2.53 bits per heavy atom. The summed E-state index contributed by atoms with van der Waals surface area (Å²) in [5.74, 6) is 0.739. The number of carbonyl (C=O) groups is 2. The Balaban J connectivity index is 1.40. The average molecular weight is 409 g/mol. The summed E-state index contributed by atoms with van der Waals surface area (Å²) in [7, 11) is 0. The molecule has 2 aliphatic rings. The van der Waals surface area contributed by atoms with Crippen LogP contribution in [0, 0.1) is 11.3 Å². The highest BCUT2D eigenvalue weighted by Crippen LogP contribution is 2.31. The van der Waals surface area contributed by atoms with E-state index in [4.69, 9.17) is 0 Å². The molecule has 0 atom stereocenters. The maximum Gasteiger partial charge on any atom is 0.226 e. The number of allylic oxidation sites excluding steroid dienone is 4. The average Bonchev–Trinajstić information content (AvgIpc) is 2.74. The SMILES string of the molecule is CC(C)C(=O)Nc1cccc(C2CCN(CCCCC3(C)C=CC(=O)C=C3)CC2)c1. The number of unbranched alkanes of at least 4 members (excludes halogenated alkanes) is 1. The van der Waals surface area contributed by atoms with E-state index < -0.39 is 0 Å². The Morgan fingerprint density at radius 1 is 1.17 bits per heavy atom. The molecule has 1 fully saturated rings. The molecular weight excluding hydrogens is 372 g/mol. The summed E-state index contributed by atoms with van der Waals surface area (Å²) in [6.45, 7) is 9.46. The number of likely N-dealkylation sites (tertiary alicyclic amines) is 1. The first-order valence-corrected chi connectivity index (χ1v) is 11.4. The molecule has 1 aromatic carbocycles. The fourth-order valence-corrected chi connectivity index (χ4v) is 4.31. The molecule has 0 bridgehead atoms. The van der Waals surface area contributed by atoms with E-state index in [0.29, 0.717) is 5.92 Å². The lowest BCUT2D eigenvalue weighted by atomic mass is 9.81. The number of rotatable bonds is 8. The van der Waals surface area contributed by atoms with Crippen LogP contribution in [0.1, 0.15) is 64.4 Å². The highest BCUT2D eigenvalue weighted by Gasteiger charge is 2.22. The van der Waals surface area contributed by atoms with Crippen molar-refractivity contribution in [1.29, 1.82) is 0 Å². The molecule has 0 unspecified atom stereocenters. The third-order valence-electron chi connectivity index (χ3n) is 6.43. The third kappa shape index (κ3) is 6.40. The van der Waals surface area contributed by atoms with Gasteiger partial charge in [-0.2, -0.15) is 0 Å². The second-order valence-electron chi connectivity index (χ2n) is 9.42. The molecule has 1 aromatic rings. The Hall–Kier alpha value is -2.20. The second kappa shape index (κ2) is 10.2. The number of hydrogen-bond acceptors (Lipinski definition) is 3. The Labute approximate surface area is 181 Å². The van der Waals surface area contributed by atoms with Crippen molar-refractivity contribution in [3.63, 3.8) is 0 Å². The van der Waals surface area contributed by atoms with E-state index in [0.717, 1.165) is 31.7 Å². The lowest BCUT2D eigenvalue weighted by Crippen LogP contribution is -2.33. The summed E-state index contributed by atoms with van der Waals surface area (Å²) in [6.07, 6.45) is 13.3. The van der Waals surface area contributed by atoms with E-state index in [1.165, 1.54) is 31.2 Å². The van der Waals surface area contributed by atoms with Crippen LogP contribution in [0.5, 0.6) is 0 Å². The van der Waals surface area contributed by atoms with Gasteiger partial charge in [-0.25, -0.2) is 0 Å². The number of benzene rings is 1.